The second-order valence-corrected chi connectivity index (χ2v) is 11.1. The first kappa shape index (κ1) is 31.5. The van der Waals surface area contributed by atoms with Crippen LogP contribution in [0.3, 0.4) is 0 Å². The fourth-order valence-electron chi connectivity index (χ4n) is 5.23. The first-order valence-corrected chi connectivity index (χ1v) is 13.4. The van der Waals surface area contributed by atoms with E-state index in [-0.39, 0.29) is 12.5 Å². The third-order valence-corrected chi connectivity index (χ3v) is 6.66. The van der Waals surface area contributed by atoms with Gasteiger partial charge in [0.15, 0.2) is 48.4 Å². The van der Waals surface area contributed by atoms with E-state index in [9.17, 15) is 14.4 Å². The first-order valence-electron chi connectivity index (χ1n) is 13.4. The van der Waals surface area contributed by atoms with E-state index in [4.69, 9.17) is 47.4 Å². The lowest BCUT2D eigenvalue weighted by molar-refractivity contribution is -0.239. The Kier molecular flexibility index (Phi) is 9.26. The van der Waals surface area contributed by atoms with Crippen LogP contribution in [0.2, 0.25) is 0 Å². The molecular weight excluding hydrogens is 553 g/mol. The number of ether oxygens (including phenoxy) is 10. The van der Waals surface area contributed by atoms with Crippen molar-refractivity contribution in [1.82, 2.24) is 0 Å². The minimum absolute atomic E-state index is 0.0146. The monoisotopic (exact) mass is 591 g/mol. The Balaban J connectivity index is 1.48. The number of nitrogens with zero attached hydrogens (tertiary/aromatic N) is 1. The zero-order chi connectivity index (χ0) is 30.3. The molecule has 0 amide bonds. The fourth-order valence-corrected chi connectivity index (χ4v) is 5.23. The highest BCUT2D eigenvalue weighted by atomic mass is 19.1. The molecule has 4 saturated heterocycles. The summed E-state index contributed by atoms with van der Waals surface area (Å²) in [5, 5.41) is 0. The third-order valence-electron chi connectivity index (χ3n) is 6.66. The zero-order valence-electron chi connectivity index (χ0n) is 24.3. The van der Waals surface area contributed by atoms with Crippen molar-refractivity contribution in [2.24, 2.45) is 4.99 Å². The van der Waals surface area contributed by atoms with E-state index in [2.05, 4.69) is 4.99 Å². The van der Waals surface area contributed by atoms with Gasteiger partial charge in [0.05, 0.1) is 0 Å². The number of esters is 3. The number of fused-ring (bicyclic) bond motifs is 3. The Hall–Kier alpha value is -2.43. The number of hydrogen-bond acceptors (Lipinski definition) is 14. The molecule has 0 aromatic heterocycles. The van der Waals surface area contributed by atoms with Crippen molar-refractivity contribution in [2.75, 3.05) is 13.2 Å². The summed E-state index contributed by atoms with van der Waals surface area (Å²) in [4.78, 5) is 39.1. The van der Waals surface area contributed by atoms with Crippen LogP contribution in [0.5, 0.6) is 0 Å². The number of aliphatic imine (C=N–C) groups is 1. The van der Waals surface area contributed by atoms with Crippen molar-refractivity contribution in [3.8, 4) is 0 Å². The summed E-state index contributed by atoms with van der Waals surface area (Å²) < 4.78 is 72.6. The Morgan fingerprint density at radius 2 is 1.27 bits per heavy atom. The van der Waals surface area contributed by atoms with Crippen LogP contribution in [0.15, 0.2) is 4.99 Å². The van der Waals surface area contributed by atoms with Gasteiger partial charge in [0.1, 0.15) is 43.7 Å². The van der Waals surface area contributed by atoms with Gasteiger partial charge in [0, 0.05) is 27.7 Å². The van der Waals surface area contributed by atoms with Crippen molar-refractivity contribution in [3.63, 3.8) is 0 Å². The third kappa shape index (κ3) is 7.51. The molecule has 232 valence electrons. The minimum atomic E-state index is -2.05. The topological polar surface area (TPSA) is 156 Å². The summed E-state index contributed by atoms with van der Waals surface area (Å²) >= 11 is 0. The summed E-state index contributed by atoms with van der Waals surface area (Å²) in [6, 6.07) is 0. The van der Waals surface area contributed by atoms with Gasteiger partial charge in [-0.05, 0) is 27.7 Å². The Morgan fingerprint density at radius 1 is 0.707 bits per heavy atom. The average Bonchev–Trinajstić information content (AvgIpc) is 3.33. The predicted octanol–water partition coefficient (Wildman–Crippen LogP) is 1.31. The lowest BCUT2D eigenvalue weighted by Crippen LogP contribution is -2.59. The molecule has 0 aliphatic carbocycles. The van der Waals surface area contributed by atoms with Crippen LogP contribution in [0.1, 0.15) is 55.4 Å². The van der Waals surface area contributed by atoms with Crippen LogP contribution >= 0.6 is 0 Å². The quantitative estimate of drug-likeness (QED) is 0.181. The first-order chi connectivity index (χ1) is 19.0. The summed E-state index contributed by atoms with van der Waals surface area (Å²) in [7, 11) is 0. The number of halogens is 1. The largest absolute Gasteiger partial charge is 0.478 e. The molecule has 0 radical (unpaired) electrons. The molecule has 4 heterocycles. The van der Waals surface area contributed by atoms with E-state index in [0.29, 0.717) is 0 Å². The number of alkyl halides is 1. The van der Waals surface area contributed by atoms with Gasteiger partial charge in [-0.2, -0.15) is 0 Å². The summed E-state index contributed by atoms with van der Waals surface area (Å²) in [5.41, 5.74) is 0. The second-order valence-electron chi connectivity index (χ2n) is 11.1. The molecule has 0 saturated carbocycles. The lowest BCUT2D eigenvalue weighted by atomic mass is 9.98. The Bertz CT molecular complexity index is 1030. The predicted molar refractivity (Wildman–Crippen MR) is 133 cm³/mol. The highest BCUT2D eigenvalue weighted by Gasteiger charge is 2.61. The zero-order valence-corrected chi connectivity index (χ0v) is 24.3. The average molecular weight is 592 g/mol. The van der Waals surface area contributed by atoms with Gasteiger partial charge in [-0.1, -0.05) is 0 Å². The smallest absolute Gasteiger partial charge is 0.303 e. The maximum atomic E-state index is 15.6. The van der Waals surface area contributed by atoms with Gasteiger partial charge >= 0.3 is 17.9 Å². The number of rotatable bonds is 7. The van der Waals surface area contributed by atoms with Crippen LogP contribution in [0.4, 0.5) is 4.39 Å². The SMILES string of the molecule is CC(=O)OC[C@H]1O[C@H](/N=C(\C)OC[C@H]2O[C@@H]3OC(C)(C)O[C@@H]3[C@H]3OC(C)(C)O[C@H]32)[C@H](F)[C@@H](OC(C)=O)[C@H]1OC(C)=O. The molecule has 4 rings (SSSR count). The van der Waals surface area contributed by atoms with Crippen molar-refractivity contribution in [2.45, 2.75) is 128 Å². The summed E-state index contributed by atoms with van der Waals surface area (Å²) in [5.74, 6) is -4.00. The van der Waals surface area contributed by atoms with E-state index in [0.717, 1.165) is 13.8 Å². The number of hydrogen-bond donors (Lipinski definition) is 0. The summed E-state index contributed by atoms with van der Waals surface area (Å²) in [6.07, 6.45) is -10.7. The lowest BCUT2D eigenvalue weighted by Gasteiger charge is -2.41. The van der Waals surface area contributed by atoms with Crippen LogP contribution < -0.4 is 0 Å². The molecule has 0 N–H and O–H groups in total. The van der Waals surface area contributed by atoms with Gasteiger partial charge in [-0.3, -0.25) is 14.4 Å². The van der Waals surface area contributed by atoms with Gasteiger partial charge < -0.3 is 47.4 Å². The molecule has 10 atom stereocenters. The highest BCUT2D eigenvalue weighted by Crippen LogP contribution is 2.44. The van der Waals surface area contributed by atoms with E-state index in [1.54, 1.807) is 27.7 Å². The molecule has 4 aliphatic rings. The van der Waals surface area contributed by atoms with E-state index < -0.39 is 97.5 Å². The fraction of sp³-hybridized carbons (Fsp3) is 0.846. The van der Waals surface area contributed by atoms with Gasteiger partial charge in [-0.25, -0.2) is 9.38 Å². The highest BCUT2D eigenvalue weighted by molar-refractivity contribution is 5.73. The van der Waals surface area contributed by atoms with Crippen LogP contribution in [-0.4, -0.2) is 110 Å². The van der Waals surface area contributed by atoms with Gasteiger partial charge in [-0.15, -0.1) is 0 Å². The van der Waals surface area contributed by atoms with E-state index in [1.165, 1.54) is 13.8 Å². The molecule has 0 unspecified atom stereocenters. The van der Waals surface area contributed by atoms with Crippen molar-refractivity contribution in [3.05, 3.63) is 0 Å². The van der Waals surface area contributed by atoms with Gasteiger partial charge in [0.25, 0.3) is 0 Å². The molecule has 0 bridgehead atoms. The molecule has 0 aromatic carbocycles. The minimum Gasteiger partial charge on any atom is -0.478 e. The van der Waals surface area contributed by atoms with Crippen LogP contribution in [0.25, 0.3) is 0 Å². The van der Waals surface area contributed by atoms with E-state index in [1.807, 2.05) is 0 Å². The molecule has 41 heavy (non-hydrogen) atoms. The van der Waals surface area contributed by atoms with Crippen molar-refractivity contribution >= 4 is 23.8 Å². The normalized spacial score (nSPS) is 39.3. The molecule has 14 nitrogen and oxygen atoms in total. The van der Waals surface area contributed by atoms with E-state index >= 15 is 4.39 Å². The molecule has 4 fully saturated rings. The second kappa shape index (κ2) is 12.1. The number of carbonyl (C=O) groups is 3. The van der Waals surface area contributed by atoms with Crippen molar-refractivity contribution in [1.29, 1.82) is 0 Å². The molecule has 0 spiro atoms. The Morgan fingerprint density at radius 3 is 1.90 bits per heavy atom. The standard InChI is InChI=1S/C26H38FNO13/c1-11(32-9-16-19-21(39-25(5,6)38-19)22-24(37-16)41-26(7,8)40-22)28-23-17(27)20(35-14(4)31)18(34-13(3)30)15(36-23)10-33-12(2)29/h15-24H,9-10H2,1-8H3/b28-11+/t15-,16-,17-,18+,19+,20-,21+,22-,23+,24-/m1/s1. The van der Waals surface area contributed by atoms with Crippen molar-refractivity contribution < 1.29 is 66.1 Å². The molecule has 15 heteroatoms. The molecule has 4 aliphatic heterocycles. The molecular formula is C26H38FNO13. The van der Waals surface area contributed by atoms with Gasteiger partial charge in [0.2, 0.25) is 0 Å². The number of carbonyl (C=O) groups excluding carboxylic acids is 3. The molecule has 0 aromatic rings. The maximum Gasteiger partial charge on any atom is 0.303 e. The van der Waals surface area contributed by atoms with Crippen LogP contribution in [-0.2, 0) is 61.8 Å². The van der Waals surface area contributed by atoms with Crippen LogP contribution in [0, 0.1) is 0 Å². The summed E-state index contributed by atoms with van der Waals surface area (Å²) in [6.45, 7) is 11.5. The maximum absolute atomic E-state index is 15.6. The Labute approximate surface area is 237 Å².